The van der Waals surface area contributed by atoms with E-state index in [4.69, 9.17) is 23.2 Å². The summed E-state index contributed by atoms with van der Waals surface area (Å²) < 4.78 is 1.53. The second-order valence-corrected chi connectivity index (χ2v) is 2.73. The van der Waals surface area contributed by atoms with Crippen LogP contribution < -0.4 is 0 Å². The van der Waals surface area contributed by atoms with Crippen molar-refractivity contribution in [2.24, 2.45) is 0 Å². The predicted octanol–water partition coefficient (Wildman–Crippen LogP) is 2.04. The van der Waals surface area contributed by atoms with E-state index in [-0.39, 0.29) is 5.15 Å². The molecule has 0 bridgehead atoms. The van der Waals surface area contributed by atoms with Gasteiger partial charge in [-0.25, -0.2) is 9.50 Å². The highest BCUT2D eigenvalue weighted by atomic mass is 35.5. The Morgan fingerprint density at radius 3 is 2.91 bits per heavy atom. The van der Waals surface area contributed by atoms with E-state index >= 15 is 0 Å². The molecule has 0 unspecified atom stereocenters. The summed E-state index contributed by atoms with van der Waals surface area (Å²) in [6.45, 7) is 0. The number of aromatic nitrogens is 3. The van der Waals surface area contributed by atoms with Gasteiger partial charge in [-0.1, -0.05) is 23.2 Å². The lowest BCUT2D eigenvalue weighted by Crippen LogP contribution is -1.86. The first-order chi connectivity index (χ1) is 5.29. The van der Waals surface area contributed by atoms with Gasteiger partial charge in [0.15, 0.2) is 10.8 Å². The molecule has 2 aromatic heterocycles. The maximum Gasteiger partial charge on any atom is 0.175 e. The number of hydrogen-bond donors (Lipinski definition) is 0. The lowest BCUT2D eigenvalue weighted by molar-refractivity contribution is 0.940. The van der Waals surface area contributed by atoms with E-state index in [1.165, 1.54) is 4.52 Å². The molecular formula is C6H3Cl2N3. The van der Waals surface area contributed by atoms with E-state index < -0.39 is 0 Å². The Morgan fingerprint density at radius 1 is 1.36 bits per heavy atom. The van der Waals surface area contributed by atoms with E-state index in [0.29, 0.717) is 10.7 Å². The lowest BCUT2D eigenvalue weighted by atomic mass is 10.6. The van der Waals surface area contributed by atoms with E-state index in [9.17, 15) is 0 Å². The van der Waals surface area contributed by atoms with Crippen molar-refractivity contribution in [3.05, 3.63) is 28.6 Å². The summed E-state index contributed by atoms with van der Waals surface area (Å²) in [7, 11) is 0. The number of hydrogen-bond acceptors (Lipinski definition) is 2. The normalized spacial score (nSPS) is 10.7. The summed E-state index contributed by atoms with van der Waals surface area (Å²) in [6.07, 6.45) is 3.37. The summed E-state index contributed by atoms with van der Waals surface area (Å²) in [5, 5.41) is 4.58. The molecule has 56 valence electrons. The van der Waals surface area contributed by atoms with Crippen LogP contribution in [0.4, 0.5) is 0 Å². The number of fused-ring (bicyclic) bond motifs is 1. The van der Waals surface area contributed by atoms with Crippen molar-refractivity contribution in [2.45, 2.75) is 0 Å². The Bertz CT molecular complexity index is 396. The van der Waals surface area contributed by atoms with Crippen LogP contribution in [0.5, 0.6) is 0 Å². The second kappa shape index (κ2) is 2.36. The van der Waals surface area contributed by atoms with Gasteiger partial charge in [0.2, 0.25) is 0 Å². The molecule has 0 radical (unpaired) electrons. The van der Waals surface area contributed by atoms with Crippen molar-refractivity contribution in [3.63, 3.8) is 0 Å². The molecule has 2 heterocycles. The van der Waals surface area contributed by atoms with Crippen LogP contribution in [0.15, 0.2) is 18.5 Å². The largest absolute Gasteiger partial charge is 0.236 e. The molecular weight excluding hydrogens is 185 g/mol. The molecule has 0 aliphatic heterocycles. The van der Waals surface area contributed by atoms with Crippen molar-refractivity contribution in [1.82, 2.24) is 14.6 Å². The van der Waals surface area contributed by atoms with Gasteiger partial charge in [-0.3, -0.25) is 0 Å². The minimum atomic E-state index is 0.283. The van der Waals surface area contributed by atoms with Crippen LogP contribution in [0.2, 0.25) is 10.2 Å². The minimum absolute atomic E-state index is 0.283. The van der Waals surface area contributed by atoms with E-state index in [2.05, 4.69) is 10.1 Å². The molecule has 2 aromatic rings. The van der Waals surface area contributed by atoms with Gasteiger partial charge < -0.3 is 0 Å². The van der Waals surface area contributed by atoms with Crippen LogP contribution in [0.3, 0.4) is 0 Å². The molecule has 0 fully saturated rings. The maximum absolute atomic E-state index is 5.76. The third-order valence-electron chi connectivity index (χ3n) is 1.30. The maximum atomic E-state index is 5.76. The van der Waals surface area contributed by atoms with Gasteiger partial charge in [0.05, 0.1) is 0 Å². The SMILES string of the molecule is Clc1nn2cccnc2c1Cl. The van der Waals surface area contributed by atoms with Gasteiger partial charge in [0, 0.05) is 12.4 Å². The van der Waals surface area contributed by atoms with Crippen LogP contribution >= 0.6 is 23.2 Å². The molecule has 0 saturated heterocycles. The monoisotopic (exact) mass is 187 g/mol. The Labute approximate surface area is 72.6 Å². The molecule has 2 rings (SSSR count). The fourth-order valence-electron chi connectivity index (χ4n) is 0.832. The Hall–Kier alpha value is -0.800. The smallest absolute Gasteiger partial charge is 0.175 e. The van der Waals surface area contributed by atoms with Crippen molar-refractivity contribution in [1.29, 1.82) is 0 Å². The van der Waals surface area contributed by atoms with Crippen molar-refractivity contribution in [3.8, 4) is 0 Å². The van der Waals surface area contributed by atoms with Crippen LogP contribution in [0.25, 0.3) is 5.65 Å². The Balaban J connectivity index is 2.92. The summed E-state index contributed by atoms with van der Waals surface area (Å²) >= 11 is 11.4. The van der Waals surface area contributed by atoms with Crippen molar-refractivity contribution in [2.75, 3.05) is 0 Å². The standard InChI is InChI=1S/C6H3Cl2N3/c7-4-5(8)10-11-3-1-2-9-6(4)11/h1-3H. The summed E-state index contributed by atoms with van der Waals surface area (Å²) in [4.78, 5) is 3.99. The van der Waals surface area contributed by atoms with Crippen LogP contribution in [0, 0.1) is 0 Å². The van der Waals surface area contributed by atoms with Crippen molar-refractivity contribution < 1.29 is 0 Å². The fourth-order valence-corrected chi connectivity index (χ4v) is 1.17. The minimum Gasteiger partial charge on any atom is -0.236 e. The molecule has 0 spiro atoms. The first-order valence-electron chi connectivity index (χ1n) is 2.93. The van der Waals surface area contributed by atoms with Gasteiger partial charge in [-0.15, -0.1) is 0 Å². The van der Waals surface area contributed by atoms with Gasteiger partial charge >= 0.3 is 0 Å². The zero-order chi connectivity index (χ0) is 7.84. The highest BCUT2D eigenvalue weighted by Crippen LogP contribution is 2.23. The van der Waals surface area contributed by atoms with Gasteiger partial charge in [-0.05, 0) is 6.07 Å². The number of nitrogens with zero attached hydrogens (tertiary/aromatic N) is 3. The van der Waals surface area contributed by atoms with Gasteiger partial charge in [0.25, 0.3) is 0 Å². The molecule has 0 aliphatic rings. The average Bonchev–Trinajstić information content (AvgIpc) is 2.30. The average molecular weight is 188 g/mol. The van der Waals surface area contributed by atoms with E-state index in [0.717, 1.165) is 0 Å². The molecule has 3 nitrogen and oxygen atoms in total. The molecule has 0 saturated carbocycles. The highest BCUT2D eigenvalue weighted by Gasteiger charge is 2.07. The third kappa shape index (κ3) is 0.968. The first kappa shape index (κ1) is 6.88. The fraction of sp³-hybridized carbons (Fsp3) is 0. The molecule has 0 aliphatic carbocycles. The molecule has 11 heavy (non-hydrogen) atoms. The topological polar surface area (TPSA) is 30.2 Å². The number of halogens is 2. The zero-order valence-electron chi connectivity index (χ0n) is 5.33. The first-order valence-corrected chi connectivity index (χ1v) is 3.69. The third-order valence-corrected chi connectivity index (χ3v) is 2.01. The Morgan fingerprint density at radius 2 is 2.18 bits per heavy atom. The van der Waals surface area contributed by atoms with Crippen LogP contribution in [0.1, 0.15) is 0 Å². The molecule has 0 atom stereocenters. The van der Waals surface area contributed by atoms with E-state index in [1.54, 1.807) is 18.5 Å². The molecule has 0 N–H and O–H groups in total. The molecule has 5 heteroatoms. The van der Waals surface area contributed by atoms with Crippen LogP contribution in [-0.4, -0.2) is 14.6 Å². The quantitative estimate of drug-likeness (QED) is 0.633. The lowest BCUT2D eigenvalue weighted by Gasteiger charge is -1.87. The predicted molar refractivity (Wildman–Crippen MR) is 43.0 cm³/mol. The van der Waals surface area contributed by atoms with E-state index in [1.807, 2.05) is 0 Å². The summed E-state index contributed by atoms with van der Waals surface area (Å²) in [6, 6.07) is 1.76. The van der Waals surface area contributed by atoms with Gasteiger partial charge in [0.1, 0.15) is 5.02 Å². The molecule has 0 amide bonds. The highest BCUT2D eigenvalue weighted by molar-refractivity contribution is 6.43. The zero-order valence-corrected chi connectivity index (χ0v) is 6.84. The van der Waals surface area contributed by atoms with Crippen LogP contribution in [-0.2, 0) is 0 Å². The number of rotatable bonds is 0. The molecule has 0 aromatic carbocycles. The summed E-state index contributed by atoms with van der Waals surface area (Å²) in [5.41, 5.74) is 0.583. The van der Waals surface area contributed by atoms with Crippen molar-refractivity contribution >= 4 is 28.8 Å². The Kier molecular flexibility index (Phi) is 1.47. The second-order valence-electron chi connectivity index (χ2n) is 1.99. The van der Waals surface area contributed by atoms with Gasteiger partial charge in [-0.2, -0.15) is 5.10 Å². The summed E-state index contributed by atoms with van der Waals surface area (Å²) in [5.74, 6) is 0.